The van der Waals surface area contributed by atoms with Crippen molar-refractivity contribution in [2.24, 2.45) is 0 Å². The van der Waals surface area contributed by atoms with Gasteiger partial charge in [0.05, 0.1) is 34.4 Å². The lowest BCUT2D eigenvalue weighted by molar-refractivity contribution is -0.917. The van der Waals surface area contributed by atoms with Crippen molar-refractivity contribution in [3.63, 3.8) is 0 Å². The van der Waals surface area contributed by atoms with Gasteiger partial charge in [0, 0.05) is 12.0 Å². The summed E-state index contributed by atoms with van der Waals surface area (Å²) in [6.07, 6.45) is 0.922. The van der Waals surface area contributed by atoms with Crippen molar-refractivity contribution >= 4 is 5.97 Å². The predicted molar refractivity (Wildman–Crippen MR) is 79.5 cm³/mol. The molecule has 0 radical (unpaired) electrons. The molecule has 0 spiro atoms. The van der Waals surface area contributed by atoms with Crippen molar-refractivity contribution in [3.05, 3.63) is 23.3 Å². The Kier molecular flexibility index (Phi) is 4.73. The van der Waals surface area contributed by atoms with Crippen LogP contribution >= 0.6 is 0 Å². The van der Waals surface area contributed by atoms with E-state index < -0.39 is 0 Å². The minimum absolute atomic E-state index is 0.135. The van der Waals surface area contributed by atoms with E-state index in [0.29, 0.717) is 17.6 Å². The molecule has 0 fully saturated rings. The molecule has 0 bridgehead atoms. The molecule has 0 aromatic heterocycles. The molecule has 1 atom stereocenters. The summed E-state index contributed by atoms with van der Waals surface area (Å²) in [5.41, 5.74) is 2.48. The molecular formula is C16H24NO4+. The van der Waals surface area contributed by atoms with Gasteiger partial charge in [-0.15, -0.1) is 0 Å². The SMILES string of the molecule is CCOC(=O)C[N+]1(C)CCc2cc(OC)c(OC)cc2C1. The second kappa shape index (κ2) is 6.35. The molecule has 0 amide bonds. The van der Waals surface area contributed by atoms with Gasteiger partial charge in [-0.3, -0.25) is 0 Å². The summed E-state index contributed by atoms with van der Waals surface area (Å²) >= 11 is 0. The van der Waals surface area contributed by atoms with Gasteiger partial charge >= 0.3 is 5.97 Å². The lowest BCUT2D eigenvalue weighted by Crippen LogP contribution is -2.50. The Labute approximate surface area is 126 Å². The number of carbonyl (C=O) groups excluding carboxylic acids is 1. The topological polar surface area (TPSA) is 44.8 Å². The molecule has 0 saturated carbocycles. The largest absolute Gasteiger partial charge is 0.493 e. The van der Waals surface area contributed by atoms with Crippen LogP contribution in [0.2, 0.25) is 0 Å². The second-order valence-electron chi connectivity index (χ2n) is 5.69. The maximum Gasteiger partial charge on any atom is 0.361 e. The molecule has 5 heteroatoms. The van der Waals surface area contributed by atoms with Gasteiger partial charge < -0.3 is 18.7 Å². The maximum absolute atomic E-state index is 11.8. The number of benzene rings is 1. The Morgan fingerprint density at radius 1 is 1.19 bits per heavy atom. The van der Waals surface area contributed by atoms with Crippen LogP contribution in [-0.2, 0) is 22.5 Å². The van der Waals surface area contributed by atoms with Crippen LogP contribution in [0.4, 0.5) is 0 Å². The molecule has 1 aromatic carbocycles. The van der Waals surface area contributed by atoms with Crippen LogP contribution in [0, 0.1) is 0 Å². The number of quaternary nitrogens is 1. The number of hydrogen-bond acceptors (Lipinski definition) is 4. The summed E-state index contributed by atoms with van der Waals surface area (Å²) in [4.78, 5) is 11.8. The number of esters is 1. The fraction of sp³-hybridized carbons (Fsp3) is 0.562. The standard InChI is InChI=1S/C16H24NO4/c1-5-21-16(18)11-17(2)7-6-12-8-14(19-3)15(20-4)9-13(12)10-17/h8-9H,5-7,10-11H2,1-4H3/q+1. The van der Waals surface area contributed by atoms with Crippen LogP contribution in [0.5, 0.6) is 11.5 Å². The predicted octanol–water partition coefficient (Wildman–Crippen LogP) is 1.77. The number of likely N-dealkylation sites (N-methyl/N-ethyl adjacent to an activating group) is 1. The molecule has 0 aliphatic carbocycles. The van der Waals surface area contributed by atoms with Gasteiger partial charge in [0.25, 0.3) is 0 Å². The molecular weight excluding hydrogens is 270 g/mol. The molecule has 0 N–H and O–H groups in total. The van der Waals surface area contributed by atoms with Gasteiger partial charge in [0.2, 0.25) is 0 Å². The normalized spacial score (nSPS) is 20.6. The Bertz CT molecular complexity index is 529. The third-order valence-electron chi connectivity index (χ3n) is 3.99. The fourth-order valence-corrected chi connectivity index (χ4v) is 2.88. The maximum atomic E-state index is 11.8. The van der Waals surface area contributed by atoms with E-state index in [-0.39, 0.29) is 5.97 Å². The highest BCUT2D eigenvalue weighted by molar-refractivity contribution is 5.70. The van der Waals surface area contributed by atoms with Gasteiger partial charge in [0.1, 0.15) is 6.54 Å². The third kappa shape index (κ3) is 3.47. The van der Waals surface area contributed by atoms with E-state index in [1.807, 2.05) is 19.1 Å². The van der Waals surface area contributed by atoms with Crippen molar-refractivity contribution in [1.82, 2.24) is 0 Å². The van der Waals surface area contributed by atoms with E-state index >= 15 is 0 Å². The zero-order valence-corrected chi connectivity index (χ0v) is 13.3. The first-order valence-electron chi connectivity index (χ1n) is 7.24. The zero-order valence-electron chi connectivity index (χ0n) is 13.3. The number of carbonyl (C=O) groups is 1. The van der Waals surface area contributed by atoms with E-state index in [1.54, 1.807) is 14.2 Å². The molecule has 21 heavy (non-hydrogen) atoms. The van der Waals surface area contributed by atoms with Gasteiger partial charge in [-0.1, -0.05) is 0 Å². The Balaban J connectivity index is 2.21. The first-order valence-corrected chi connectivity index (χ1v) is 7.24. The number of rotatable bonds is 5. The molecule has 1 aliphatic heterocycles. The van der Waals surface area contributed by atoms with E-state index in [9.17, 15) is 4.79 Å². The fourth-order valence-electron chi connectivity index (χ4n) is 2.88. The average Bonchev–Trinajstić information content (AvgIpc) is 2.45. The molecule has 116 valence electrons. The van der Waals surface area contributed by atoms with Gasteiger partial charge in [-0.2, -0.15) is 0 Å². The Morgan fingerprint density at radius 3 is 2.38 bits per heavy atom. The first kappa shape index (κ1) is 15.6. The van der Waals surface area contributed by atoms with Gasteiger partial charge in [-0.25, -0.2) is 4.79 Å². The smallest absolute Gasteiger partial charge is 0.361 e. The molecule has 1 unspecified atom stereocenters. The summed E-state index contributed by atoms with van der Waals surface area (Å²) < 4.78 is 16.5. The van der Waals surface area contributed by atoms with E-state index in [0.717, 1.165) is 31.0 Å². The number of hydrogen-bond donors (Lipinski definition) is 0. The van der Waals surface area contributed by atoms with Crippen molar-refractivity contribution in [2.75, 3.05) is 41.0 Å². The van der Waals surface area contributed by atoms with Gasteiger partial charge in [-0.05, 0) is 24.6 Å². The highest BCUT2D eigenvalue weighted by Gasteiger charge is 2.32. The molecule has 5 nitrogen and oxygen atoms in total. The Hall–Kier alpha value is -1.75. The number of methoxy groups -OCH3 is 2. The van der Waals surface area contributed by atoms with Crippen molar-refractivity contribution < 1.29 is 23.5 Å². The summed E-state index contributed by atoms with van der Waals surface area (Å²) in [6.45, 7) is 4.39. The first-order chi connectivity index (χ1) is 10.0. The van der Waals surface area contributed by atoms with Crippen molar-refractivity contribution in [2.45, 2.75) is 19.9 Å². The third-order valence-corrected chi connectivity index (χ3v) is 3.99. The molecule has 1 heterocycles. The van der Waals surface area contributed by atoms with E-state index in [2.05, 4.69) is 7.05 Å². The highest BCUT2D eigenvalue weighted by Crippen LogP contribution is 2.34. The van der Waals surface area contributed by atoms with Crippen LogP contribution in [0.3, 0.4) is 0 Å². The number of nitrogens with zero attached hydrogens (tertiary/aromatic N) is 1. The summed E-state index contributed by atoms with van der Waals surface area (Å²) in [7, 11) is 5.38. The van der Waals surface area contributed by atoms with Crippen LogP contribution in [0.15, 0.2) is 12.1 Å². The molecule has 0 saturated heterocycles. The molecule has 1 aliphatic rings. The number of fused-ring (bicyclic) bond motifs is 1. The lowest BCUT2D eigenvalue weighted by atomic mass is 9.97. The van der Waals surface area contributed by atoms with E-state index in [1.165, 1.54) is 11.1 Å². The molecule has 1 aromatic rings. The highest BCUT2D eigenvalue weighted by atomic mass is 16.5. The van der Waals surface area contributed by atoms with Crippen LogP contribution in [-0.4, -0.2) is 51.4 Å². The quantitative estimate of drug-likeness (QED) is 0.613. The summed E-state index contributed by atoms with van der Waals surface area (Å²) in [5, 5.41) is 0. The van der Waals surface area contributed by atoms with Crippen molar-refractivity contribution in [1.29, 1.82) is 0 Å². The number of ether oxygens (including phenoxy) is 3. The van der Waals surface area contributed by atoms with Crippen LogP contribution in [0.25, 0.3) is 0 Å². The summed E-state index contributed by atoms with van der Waals surface area (Å²) in [5.74, 6) is 1.36. The molecule has 2 rings (SSSR count). The van der Waals surface area contributed by atoms with Gasteiger partial charge in [0.15, 0.2) is 18.0 Å². The lowest BCUT2D eigenvalue weighted by Gasteiger charge is -2.38. The second-order valence-corrected chi connectivity index (χ2v) is 5.69. The monoisotopic (exact) mass is 294 g/mol. The Morgan fingerprint density at radius 2 is 1.81 bits per heavy atom. The minimum atomic E-state index is -0.135. The zero-order chi connectivity index (χ0) is 15.5. The van der Waals surface area contributed by atoms with Crippen LogP contribution < -0.4 is 9.47 Å². The van der Waals surface area contributed by atoms with E-state index in [4.69, 9.17) is 14.2 Å². The minimum Gasteiger partial charge on any atom is -0.493 e. The average molecular weight is 294 g/mol. The summed E-state index contributed by atoms with van der Waals surface area (Å²) in [6, 6.07) is 4.07. The van der Waals surface area contributed by atoms with Crippen LogP contribution in [0.1, 0.15) is 18.1 Å². The van der Waals surface area contributed by atoms with Crippen molar-refractivity contribution in [3.8, 4) is 11.5 Å².